The van der Waals surface area contributed by atoms with Crippen molar-refractivity contribution in [2.75, 3.05) is 18.5 Å². The predicted molar refractivity (Wildman–Crippen MR) is 87.8 cm³/mol. The van der Waals surface area contributed by atoms with Crippen molar-refractivity contribution in [3.63, 3.8) is 0 Å². The van der Waals surface area contributed by atoms with Gasteiger partial charge in [0.25, 0.3) is 0 Å². The number of hydrogen-bond acceptors (Lipinski definition) is 4. The number of nitrogens with zero attached hydrogens (tertiary/aromatic N) is 2. The summed E-state index contributed by atoms with van der Waals surface area (Å²) in [5.41, 5.74) is 1.91. The van der Waals surface area contributed by atoms with E-state index in [0.717, 1.165) is 22.8 Å². The molecule has 1 heterocycles. The van der Waals surface area contributed by atoms with Gasteiger partial charge in [-0.05, 0) is 25.5 Å². The van der Waals surface area contributed by atoms with E-state index in [1.165, 1.54) is 0 Å². The number of likely N-dealkylation sites (N-methyl/N-ethyl adjacent to an activating group) is 1. The van der Waals surface area contributed by atoms with Crippen LogP contribution in [-0.4, -0.2) is 24.5 Å². The molecule has 0 aliphatic heterocycles. The number of para-hydroxylation sites is 1. The lowest BCUT2D eigenvalue weighted by molar-refractivity contribution is -0.117. The Morgan fingerprint density at radius 2 is 2.10 bits per heavy atom. The van der Waals surface area contributed by atoms with Gasteiger partial charge in [-0.1, -0.05) is 25.1 Å². The van der Waals surface area contributed by atoms with E-state index in [-0.39, 0.29) is 11.9 Å². The first kappa shape index (κ1) is 15.7. The third-order valence-corrected chi connectivity index (χ3v) is 4.40. The van der Waals surface area contributed by atoms with Gasteiger partial charge >= 0.3 is 0 Å². The Morgan fingerprint density at radius 1 is 1.38 bits per heavy atom. The van der Waals surface area contributed by atoms with Crippen LogP contribution in [-0.2, 0) is 11.2 Å². The van der Waals surface area contributed by atoms with Crippen molar-refractivity contribution in [2.24, 2.45) is 0 Å². The Kier molecular flexibility index (Phi) is 5.47. The number of carbonyl (C=O) groups excluding carboxylic acids is 1. The number of carbonyl (C=O) groups is 1. The quantitative estimate of drug-likeness (QED) is 0.892. The summed E-state index contributed by atoms with van der Waals surface area (Å²) < 4.78 is 0. The fourth-order valence-electron chi connectivity index (χ4n) is 1.95. The second-order valence-corrected chi connectivity index (χ2v) is 5.85. The summed E-state index contributed by atoms with van der Waals surface area (Å²) in [6, 6.07) is 9.72. The Morgan fingerprint density at radius 3 is 2.71 bits per heavy atom. The number of nitrogens with one attached hydrogen (secondary N) is 1. The molecule has 0 spiro atoms. The molecule has 1 aromatic carbocycles. The molecular weight excluding hydrogens is 282 g/mol. The van der Waals surface area contributed by atoms with E-state index in [9.17, 15) is 4.79 Å². The van der Waals surface area contributed by atoms with Crippen molar-refractivity contribution in [1.29, 1.82) is 0 Å². The Balaban J connectivity index is 1.88. The first-order valence-electron chi connectivity index (χ1n) is 7.11. The van der Waals surface area contributed by atoms with E-state index in [1.807, 2.05) is 37.3 Å². The molecular formula is C16H21N3OS. The van der Waals surface area contributed by atoms with Crippen molar-refractivity contribution in [1.82, 2.24) is 10.3 Å². The number of aromatic nitrogens is 1. The van der Waals surface area contributed by atoms with Crippen LogP contribution in [0.15, 0.2) is 35.7 Å². The molecule has 0 saturated heterocycles. The van der Waals surface area contributed by atoms with Crippen LogP contribution in [0.25, 0.3) is 0 Å². The number of thiazole rings is 1. The third-order valence-electron chi connectivity index (χ3n) is 3.39. The highest BCUT2D eigenvalue weighted by molar-refractivity contribution is 7.09. The van der Waals surface area contributed by atoms with Crippen LogP contribution in [0.4, 0.5) is 5.69 Å². The lowest BCUT2D eigenvalue weighted by Crippen LogP contribution is -2.36. The maximum atomic E-state index is 12.2. The van der Waals surface area contributed by atoms with Gasteiger partial charge in [0.05, 0.1) is 17.2 Å². The first-order chi connectivity index (χ1) is 10.1. The largest absolute Gasteiger partial charge is 0.314 e. The molecule has 2 aromatic rings. The van der Waals surface area contributed by atoms with Gasteiger partial charge in [0.1, 0.15) is 0 Å². The molecule has 1 amide bonds. The molecule has 4 nitrogen and oxygen atoms in total. The van der Waals surface area contributed by atoms with Crippen LogP contribution in [0.5, 0.6) is 0 Å². The Labute approximate surface area is 129 Å². The van der Waals surface area contributed by atoms with Crippen LogP contribution in [0.1, 0.15) is 30.6 Å². The molecule has 0 bridgehead atoms. The predicted octanol–water partition coefficient (Wildman–Crippen LogP) is 3.02. The molecule has 112 valence electrons. The van der Waals surface area contributed by atoms with Gasteiger partial charge < -0.3 is 10.2 Å². The van der Waals surface area contributed by atoms with Crippen molar-refractivity contribution in [2.45, 2.75) is 26.3 Å². The van der Waals surface area contributed by atoms with Crippen molar-refractivity contribution >= 4 is 22.9 Å². The smallest absolute Gasteiger partial charge is 0.240 e. The fraction of sp³-hybridized carbons (Fsp3) is 0.375. The average Bonchev–Trinajstić information content (AvgIpc) is 3.01. The summed E-state index contributed by atoms with van der Waals surface area (Å²) in [6.45, 7) is 4.43. The van der Waals surface area contributed by atoms with Crippen LogP contribution in [0.3, 0.4) is 0 Å². The summed E-state index contributed by atoms with van der Waals surface area (Å²) in [5.74, 6) is 0.0407. The van der Waals surface area contributed by atoms with Crippen molar-refractivity contribution < 1.29 is 4.79 Å². The van der Waals surface area contributed by atoms with E-state index >= 15 is 0 Å². The minimum atomic E-state index is 0.0407. The van der Waals surface area contributed by atoms with Gasteiger partial charge in [-0.25, -0.2) is 4.98 Å². The van der Waals surface area contributed by atoms with E-state index in [4.69, 9.17) is 0 Å². The zero-order valence-corrected chi connectivity index (χ0v) is 13.5. The van der Waals surface area contributed by atoms with Gasteiger partial charge in [-0.2, -0.15) is 0 Å². The number of amides is 1. The number of rotatable bonds is 6. The highest BCUT2D eigenvalue weighted by atomic mass is 32.1. The molecule has 0 aliphatic carbocycles. The minimum absolute atomic E-state index is 0.0407. The summed E-state index contributed by atoms with van der Waals surface area (Å²) in [6.07, 6.45) is 0.951. The van der Waals surface area contributed by atoms with Gasteiger partial charge in [-0.15, -0.1) is 11.3 Å². The highest BCUT2D eigenvalue weighted by Gasteiger charge is 2.14. The number of aryl methyl sites for hydroxylation is 1. The summed E-state index contributed by atoms with van der Waals surface area (Å²) >= 11 is 1.67. The van der Waals surface area contributed by atoms with Gasteiger partial charge in [0.2, 0.25) is 5.91 Å². The molecule has 1 atom stereocenters. The topological polar surface area (TPSA) is 45.2 Å². The lowest BCUT2D eigenvalue weighted by Gasteiger charge is -2.19. The summed E-state index contributed by atoms with van der Waals surface area (Å²) in [4.78, 5) is 18.4. The molecule has 5 heteroatoms. The molecule has 21 heavy (non-hydrogen) atoms. The second kappa shape index (κ2) is 7.33. The van der Waals surface area contributed by atoms with Gasteiger partial charge in [0.15, 0.2) is 0 Å². The van der Waals surface area contributed by atoms with E-state index in [1.54, 1.807) is 23.3 Å². The van der Waals surface area contributed by atoms with E-state index < -0.39 is 0 Å². The minimum Gasteiger partial charge on any atom is -0.314 e. The van der Waals surface area contributed by atoms with Crippen molar-refractivity contribution in [3.8, 4) is 0 Å². The second-order valence-electron chi connectivity index (χ2n) is 4.91. The third kappa shape index (κ3) is 4.12. The maximum absolute atomic E-state index is 12.2. The normalized spacial score (nSPS) is 12.1. The summed E-state index contributed by atoms with van der Waals surface area (Å²) in [7, 11) is 1.79. The van der Waals surface area contributed by atoms with Gasteiger partial charge in [0, 0.05) is 24.2 Å². The number of benzene rings is 1. The maximum Gasteiger partial charge on any atom is 0.240 e. The molecule has 1 aromatic heterocycles. The van der Waals surface area contributed by atoms with Crippen LogP contribution in [0.2, 0.25) is 0 Å². The molecule has 2 rings (SSSR count). The van der Waals surface area contributed by atoms with Crippen LogP contribution < -0.4 is 10.2 Å². The molecule has 0 unspecified atom stereocenters. The fourth-order valence-corrected chi connectivity index (χ4v) is 2.78. The molecule has 0 fully saturated rings. The van der Waals surface area contributed by atoms with E-state index in [2.05, 4.69) is 22.6 Å². The first-order valence-corrected chi connectivity index (χ1v) is 7.99. The Bertz CT molecular complexity index is 582. The average molecular weight is 303 g/mol. The highest BCUT2D eigenvalue weighted by Crippen LogP contribution is 2.17. The Hall–Kier alpha value is -1.72. The standard InChI is InChI=1S/C16H21N3OS/c1-4-15-18-14(11-21-15)12(2)17-10-16(20)19(3)13-8-6-5-7-9-13/h5-9,11-12,17H,4,10H2,1-3H3/t12-/m0/s1. The van der Waals surface area contributed by atoms with Gasteiger partial charge in [-0.3, -0.25) is 4.79 Å². The van der Waals surface area contributed by atoms with Crippen LogP contribution in [0, 0.1) is 0 Å². The number of anilines is 1. The zero-order valence-electron chi connectivity index (χ0n) is 12.7. The molecule has 0 aliphatic rings. The van der Waals surface area contributed by atoms with Crippen LogP contribution >= 0.6 is 11.3 Å². The zero-order chi connectivity index (χ0) is 15.2. The van der Waals surface area contributed by atoms with Crippen molar-refractivity contribution in [3.05, 3.63) is 46.4 Å². The molecule has 0 saturated carbocycles. The number of hydrogen-bond donors (Lipinski definition) is 1. The monoisotopic (exact) mass is 303 g/mol. The SMILES string of the molecule is CCc1nc([C@H](C)NCC(=O)N(C)c2ccccc2)cs1. The lowest BCUT2D eigenvalue weighted by atomic mass is 10.2. The summed E-state index contributed by atoms with van der Waals surface area (Å²) in [5, 5.41) is 6.43. The van der Waals surface area contributed by atoms with E-state index in [0.29, 0.717) is 6.54 Å². The molecule has 0 radical (unpaired) electrons. The molecule has 1 N–H and O–H groups in total.